The predicted molar refractivity (Wildman–Crippen MR) is 71.4 cm³/mol. The zero-order chi connectivity index (χ0) is 12.1. The van der Waals surface area contributed by atoms with Crippen LogP contribution in [-0.4, -0.2) is 19.4 Å². The van der Waals surface area contributed by atoms with Gasteiger partial charge in [0.05, 0.1) is 7.11 Å². The van der Waals surface area contributed by atoms with Crippen molar-refractivity contribution in [1.82, 2.24) is 0 Å². The van der Waals surface area contributed by atoms with Crippen molar-refractivity contribution in [1.29, 1.82) is 0 Å². The third kappa shape index (κ3) is 3.42. The van der Waals surface area contributed by atoms with Crippen LogP contribution in [0.5, 0.6) is 5.75 Å². The summed E-state index contributed by atoms with van der Waals surface area (Å²) >= 11 is 1.88. The molecule has 0 saturated heterocycles. The molecule has 3 heteroatoms. The van der Waals surface area contributed by atoms with E-state index in [-0.39, 0.29) is 0 Å². The maximum atomic E-state index is 5.62. The van der Waals surface area contributed by atoms with Gasteiger partial charge in [0.25, 0.3) is 0 Å². The molecule has 0 aliphatic heterocycles. The van der Waals surface area contributed by atoms with Crippen LogP contribution in [0.2, 0.25) is 0 Å². The molecule has 0 spiro atoms. The number of thioether (sulfide) groups is 1. The highest BCUT2D eigenvalue weighted by atomic mass is 32.2. The number of hydrogen-bond acceptors (Lipinski definition) is 3. The number of aryl methyl sites for hydroxylation is 2. The summed E-state index contributed by atoms with van der Waals surface area (Å²) < 4.78 is 5.30. The Morgan fingerprint density at radius 3 is 2.56 bits per heavy atom. The SMILES string of the molecule is COc1cc(C)c(SCC(C)CN)cc1C. The average molecular weight is 239 g/mol. The van der Waals surface area contributed by atoms with Crippen LogP contribution in [-0.2, 0) is 0 Å². The summed E-state index contributed by atoms with van der Waals surface area (Å²) in [5.41, 5.74) is 8.08. The predicted octanol–water partition coefficient (Wildman–Crippen LogP) is 3.00. The average Bonchev–Trinajstić information content (AvgIpc) is 2.29. The molecule has 0 amide bonds. The molecule has 0 bridgehead atoms. The maximum Gasteiger partial charge on any atom is 0.122 e. The topological polar surface area (TPSA) is 35.2 Å². The van der Waals surface area contributed by atoms with E-state index in [0.717, 1.165) is 18.0 Å². The third-order valence-corrected chi connectivity index (χ3v) is 4.10. The van der Waals surface area contributed by atoms with E-state index in [4.69, 9.17) is 10.5 Å². The quantitative estimate of drug-likeness (QED) is 0.802. The standard InChI is InChI=1S/C13H21NOS/c1-9(7-14)8-16-13-6-10(2)12(15-4)5-11(13)3/h5-6,9H,7-8,14H2,1-4H3. The summed E-state index contributed by atoms with van der Waals surface area (Å²) in [4.78, 5) is 1.33. The number of ether oxygens (including phenoxy) is 1. The van der Waals surface area contributed by atoms with Crippen molar-refractivity contribution in [2.75, 3.05) is 19.4 Å². The fraction of sp³-hybridized carbons (Fsp3) is 0.538. The van der Waals surface area contributed by atoms with Gasteiger partial charge < -0.3 is 10.5 Å². The minimum Gasteiger partial charge on any atom is -0.496 e. The summed E-state index contributed by atoms with van der Waals surface area (Å²) in [5.74, 6) is 2.60. The van der Waals surface area contributed by atoms with Crippen LogP contribution in [0.25, 0.3) is 0 Å². The second-order valence-electron chi connectivity index (χ2n) is 4.24. The number of hydrogen-bond donors (Lipinski definition) is 1. The van der Waals surface area contributed by atoms with E-state index in [9.17, 15) is 0 Å². The fourth-order valence-corrected chi connectivity index (χ4v) is 2.59. The molecule has 0 saturated carbocycles. The van der Waals surface area contributed by atoms with E-state index in [1.807, 2.05) is 11.8 Å². The Kier molecular flexibility index (Phi) is 5.16. The smallest absolute Gasteiger partial charge is 0.122 e. The lowest BCUT2D eigenvalue weighted by Crippen LogP contribution is -2.12. The largest absolute Gasteiger partial charge is 0.496 e. The Morgan fingerprint density at radius 1 is 1.31 bits per heavy atom. The second kappa shape index (κ2) is 6.16. The molecule has 0 aliphatic rings. The molecule has 1 aromatic carbocycles. The summed E-state index contributed by atoms with van der Waals surface area (Å²) in [6.45, 7) is 7.13. The molecule has 0 aliphatic carbocycles. The Labute approximate surface area is 103 Å². The summed E-state index contributed by atoms with van der Waals surface area (Å²) in [6.07, 6.45) is 0. The van der Waals surface area contributed by atoms with Gasteiger partial charge in [0.2, 0.25) is 0 Å². The molecule has 0 radical (unpaired) electrons. The molecule has 0 heterocycles. The minimum atomic E-state index is 0.562. The van der Waals surface area contributed by atoms with Gasteiger partial charge in [-0.05, 0) is 49.6 Å². The van der Waals surface area contributed by atoms with Crippen LogP contribution >= 0.6 is 11.8 Å². The molecule has 0 aromatic heterocycles. The first-order valence-corrected chi connectivity index (χ1v) is 6.55. The lowest BCUT2D eigenvalue weighted by atomic mass is 10.1. The summed E-state index contributed by atoms with van der Waals surface area (Å²) in [5, 5.41) is 0. The second-order valence-corrected chi connectivity index (χ2v) is 5.30. The van der Waals surface area contributed by atoms with Gasteiger partial charge in [0, 0.05) is 10.6 Å². The molecular formula is C13H21NOS. The first kappa shape index (κ1) is 13.4. The molecule has 1 unspecified atom stereocenters. The monoisotopic (exact) mass is 239 g/mol. The number of methoxy groups -OCH3 is 1. The van der Waals surface area contributed by atoms with Crippen molar-refractivity contribution in [3.05, 3.63) is 23.3 Å². The molecule has 2 N–H and O–H groups in total. The highest BCUT2D eigenvalue weighted by Crippen LogP contribution is 2.30. The zero-order valence-electron chi connectivity index (χ0n) is 10.5. The van der Waals surface area contributed by atoms with Crippen LogP contribution in [0.15, 0.2) is 17.0 Å². The van der Waals surface area contributed by atoms with Crippen molar-refractivity contribution in [3.8, 4) is 5.75 Å². The normalized spacial score (nSPS) is 12.6. The first-order valence-electron chi connectivity index (χ1n) is 5.56. The van der Waals surface area contributed by atoms with Gasteiger partial charge in [-0.1, -0.05) is 6.92 Å². The van der Waals surface area contributed by atoms with E-state index in [1.165, 1.54) is 16.0 Å². The number of benzene rings is 1. The lowest BCUT2D eigenvalue weighted by molar-refractivity contribution is 0.411. The molecule has 0 fully saturated rings. The van der Waals surface area contributed by atoms with Crippen molar-refractivity contribution < 1.29 is 4.74 Å². The highest BCUT2D eigenvalue weighted by Gasteiger charge is 2.07. The Balaban J connectivity index is 2.77. The first-order chi connectivity index (χ1) is 7.58. The molecular weight excluding hydrogens is 218 g/mol. The van der Waals surface area contributed by atoms with E-state index in [2.05, 4.69) is 32.9 Å². The molecule has 16 heavy (non-hydrogen) atoms. The van der Waals surface area contributed by atoms with Crippen molar-refractivity contribution in [3.63, 3.8) is 0 Å². The molecule has 90 valence electrons. The minimum absolute atomic E-state index is 0.562. The van der Waals surface area contributed by atoms with Gasteiger partial charge in [-0.15, -0.1) is 11.8 Å². The molecule has 1 rings (SSSR count). The van der Waals surface area contributed by atoms with Gasteiger partial charge in [-0.3, -0.25) is 0 Å². The van der Waals surface area contributed by atoms with Gasteiger partial charge in [-0.2, -0.15) is 0 Å². The van der Waals surface area contributed by atoms with Gasteiger partial charge in [0.15, 0.2) is 0 Å². The van der Waals surface area contributed by atoms with Crippen molar-refractivity contribution in [2.24, 2.45) is 11.7 Å². The molecule has 1 aromatic rings. The summed E-state index contributed by atoms with van der Waals surface area (Å²) in [7, 11) is 1.71. The number of nitrogens with two attached hydrogens (primary N) is 1. The molecule has 2 nitrogen and oxygen atoms in total. The number of rotatable bonds is 5. The lowest BCUT2D eigenvalue weighted by Gasteiger charge is -2.12. The third-order valence-electron chi connectivity index (χ3n) is 2.62. The fourth-order valence-electron chi connectivity index (χ4n) is 1.44. The Morgan fingerprint density at radius 2 is 2.00 bits per heavy atom. The van der Waals surface area contributed by atoms with Crippen molar-refractivity contribution >= 4 is 11.8 Å². The van der Waals surface area contributed by atoms with Crippen molar-refractivity contribution in [2.45, 2.75) is 25.7 Å². The highest BCUT2D eigenvalue weighted by molar-refractivity contribution is 7.99. The van der Waals surface area contributed by atoms with E-state index in [0.29, 0.717) is 5.92 Å². The van der Waals surface area contributed by atoms with Gasteiger partial charge in [-0.25, -0.2) is 0 Å². The maximum absolute atomic E-state index is 5.62. The van der Waals surface area contributed by atoms with Crippen LogP contribution in [0, 0.1) is 19.8 Å². The zero-order valence-corrected chi connectivity index (χ0v) is 11.4. The van der Waals surface area contributed by atoms with E-state index in [1.54, 1.807) is 7.11 Å². The van der Waals surface area contributed by atoms with E-state index >= 15 is 0 Å². The Bertz CT molecular complexity index is 352. The summed E-state index contributed by atoms with van der Waals surface area (Å²) in [6, 6.07) is 4.30. The van der Waals surface area contributed by atoms with Gasteiger partial charge >= 0.3 is 0 Å². The van der Waals surface area contributed by atoms with Crippen LogP contribution < -0.4 is 10.5 Å². The van der Waals surface area contributed by atoms with E-state index < -0.39 is 0 Å². The molecule has 1 atom stereocenters. The Hall–Kier alpha value is -0.670. The van der Waals surface area contributed by atoms with Crippen LogP contribution in [0.3, 0.4) is 0 Å². The van der Waals surface area contributed by atoms with Crippen LogP contribution in [0.1, 0.15) is 18.1 Å². The van der Waals surface area contributed by atoms with Crippen LogP contribution in [0.4, 0.5) is 0 Å². The van der Waals surface area contributed by atoms with Gasteiger partial charge in [0.1, 0.15) is 5.75 Å².